The van der Waals surface area contributed by atoms with E-state index in [2.05, 4.69) is 0 Å². The van der Waals surface area contributed by atoms with Crippen LogP contribution in [0.25, 0.3) is 0 Å². The molecule has 0 fully saturated rings. The fourth-order valence-electron chi connectivity index (χ4n) is 1.45. The molecule has 0 saturated carbocycles. The standard InChI is InChI=1S/C15H22O7/c1-17-3-5-19-11-21-14-7-13(10-16)8-15(9-14)22-12-20-6-4-18-2/h7-10H,3-6,11-12H2,1-2H3. The van der Waals surface area contributed by atoms with E-state index in [1.165, 1.54) is 0 Å². The van der Waals surface area contributed by atoms with Gasteiger partial charge >= 0.3 is 0 Å². The number of hydrogen-bond donors (Lipinski definition) is 0. The van der Waals surface area contributed by atoms with Crippen LogP contribution in [0.3, 0.4) is 0 Å². The molecular formula is C15H22O7. The van der Waals surface area contributed by atoms with Crippen molar-refractivity contribution in [2.75, 3.05) is 54.2 Å². The number of benzene rings is 1. The summed E-state index contributed by atoms with van der Waals surface area (Å²) in [6.07, 6.45) is 0.720. The van der Waals surface area contributed by atoms with Crippen molar-refractivity contribution in [1.29, 1.82) is 0 Å². The molecule has 0 N–H and O–H groups in total. The molecule has 7 nitrogen and oxygen atoms in total. The van der Waals surface area contributed by atoms with E-state index < -0.39 is 0 Å². The molecule has 1 aromatic rings. The van der Waals surface area contributed by atoms with Crippen LogP contribution in [0.1, 0.15) is 10.4 Å². The van der Waals surface area contributed by atoms with E-state index in [-0.39, 0.29) is 13.6 Å². The van der Waals surface area contributed by atoms with Gasteiger partial charge in [-0.05, 0) is 12.1 Å². The highest BCUT2D eigenvalue weighted by Gasteiger charge is 2.03. The van der Waals surface area contributed by atoms with Crippen molar-refractivity contribution in [3.8, 4) is 11.5 Å². The van der Waals surface area contributed by atoms with Gasteiger partial charge in [0.2, 0.25) is 0 Å². The van der Waals surface area contributed by atoms with E-state index in [0.29, 0.717) is 43.5 Å². The van der Waals surface area contributed by atoms with Gasteiger partial charge in [-0.3, -0.25) is 4.79 Å². The SMILES string of the molecule is COCCOCOc1cc(C=O)cc(OCOCCOC)c1. The van der Waals surface area contributed by atoms with Gasteiger partial charge in [-0.2, -0.15) is 0 Å². The second-order valence-corrected chi connectivity index (χ2v) is 4.18. The summed E-state index contributed by atoms with van der Waals surface area (Å²) in [6, 6.07) is 4.86. The lowest BCUT2D eigenvalue weighted by Crippen LogP contribution is -2.09. The number of carbonyl (C=O) groups excluding carboxylic acids is 1. The third kappa shape index (κ3) is 7.94. The Morgan fingerprint density at radius 2 is 1.32 bits per heavy atom. The van der Waals surface area contributed by atoms with E-state index >= 15 is 0 Å². The molecule has 0 aliphatic heterocycles. The summed E-state index contributed by atoms with van der Waals surface area (Å²) in [6.45, 7) is 1.97. The molecule has 0 heterocycles. The predicted molar refractivity (Wildman–Crippen MR) is 78.5 cm³/mol. The molecule has 0 saturated heterocycles. The van der Waals surface area contributed by atoms with Crippen LogP contribution < -0.4 is 9.47 Å². The largest absolute Gasteiger partial charge is 0.467 e. The molecule has 0 aliphatic carbocycles. The first-order valence-electron chi connectivity index (χ1n) is 6.79. The fraction of sp³-hybridized carbons (Fsp3) is 0.533. The molecule has 124 valence electrons. The van der Waals surface area contributed by atoms with Crippen LogP contribution in [0.2, 0.25) is 0 Å². The molecular weight excluding hydrogens is 292 g/mol. The van der Waals surface area contributed by atoms with Crippen LogP contribution in [0.4, 0.5) is 0 Å². The van der Waals surface area contributed by atoms with Crippen LogP contribution in [0.15, 0.2) is 18.2 Å². The molecule has 0 atom stereocenters. The molecule has 0 unspecified atom stereocenters. The number of ether oxygens (including phenoxy) is 6. The predicted octanol–water partition coefficient (Wildman–Crippen LogP) is 1.50. The number of hydrogen-bond acceptors (Lipinski definition) is 7. The highest BCUT2D eigenvalue weighted by atomic mass is 16.7. The van der Waals surface area contributed by atoms with Gasteiger partial charge in [0.15, 0.2) is 13.6 Å². The van der Waals surface area contributed by atoms with Gasteiger partial charge in [-0.15, -0.1) is 0 Å². The van der Waals surface area contributed by atoms with Crippen molar-refractivity contribution >= 4 is 6.29 Å². The van der Waals surface area contributed by atoms with E-state index in [9.17, 15) is 4.79 Å². The summed E-state index contributed by atoms with van der Waals surface area (Å²) in [5.74, 6) is 0.961. The molecule has 1 aromatic carbocycles. The molecule has 7 heteroatoms. The Hall–Kier alpha value is -1.67. The number of carbonyl (C=O) groups is 1. The molecule has 0 radical (unpaired) electrons. The molecule has 0 aliphatic rings. The van der Waals surface area contributed by atoms with Gasteiger partial charge in [0.1, 0.15) is 17.8 Å². The minimum atomic E-state index is 0.0649. The van der Waals surface area contributed by atoms with E-state index in [0.717, 1.165) is 6.29 Å². The summed E-state index contributed by atoms with van der Waals surface area (Å²) >= 11 is 0. The quantitative estimate of drug-likeness (QED) is 0.310. The maximum absolute atomic E-state index is 10.9. The molecule has 0 spiro atoms. The smallest absolute Gasteiger partial charge is 0.189 e. The second kappa shape index (κ2) is 11.9. The zero-order valence-corrected chi connectivity index (χ0v) is 12.9. The Kier molecular flexibility index (Phi) is 9.97. The Balaban J connectivity index is 2.44. The van der Waals surface area contributed by atoms with Gasteiger partial charge in [0.25, 0.3) is 0 Å². The first-order chi connectivity index (χ1) is 10.8. The van der Waals surface area contributed by atoms with Gasteiger partial charge in [-0.25, -0.2) is 0 Å². The lowest BCUT2D eigenvalue weighted by Gasteiger charge is -2.11. The van der Waals surface area contributed by atoms with Crippen molar-refractivity contribution in [3.63, 3.8) is 0 Å². The average molecular weight is 314 g/mol. The van der Waals surface area contributed by atoms with Crippen molar-refractivity contribution < 1.29 is 33.2 Å². The second-order valence-electron chi connectivity index (χ2n) is 4.18. The van der Waals surface area contributed by atoms with Gasteiger partial charge in [0.05, 0.1) is 26.4 Å². The average Bonchev–Trinajstić information content (AvgIpc) is 2.54. The molecule has 1 rings (SSSR count). The monoisotopic (exact) mass is 314 g/mol. The maximum Gasteiger partial charge on any atom is 0.189 e. The summed E-state index contributed by atoms with van der Waals surface area (Å²) in [7, 11) is 3.19. The minimum Gasteiger partial charge on any atom is -0.467 e. The zero-order valence-electron chi connectivity index (χ0n) is 12.9. The van der Waals surface area contributed by atoms with Crippen molar-refractivity contribution in [1.82, 2.24) is 0 Å². The molecule has 0 amide bonds. The minimum absolute atomic E-state index is 0.0649. The Morgan fingerprint density at radius 3 is 1.73 bits per heavy atom. The lowest BCUT2D eigenvalue weighted by atomic mass is 10.2. The molecule has 0 aromatic heterocycles. The summed E-state index contributed by atoms with van der Waals surface area (Å²) in [5, 5.41) is 0. The summed E-state index contributed by atoms with van der Waals surface area (Å²) in [5.41, 5.74) is 0.446. The number of aldehydes is 1. The third-order valence-corrected chi connectivity index (χ3v) is 2.52. The van der Waals surface area contributed by atoms with Crippen LogP contribution in [0.5, 0.6) is 11.5 Å². The van der Waals surface area contributed by atoms with Crippen molar-refractivity contribution in [2.24, 2.45) is 0 Å². The third-order valence-electron chi connectivity index (χ3n) is 2.52. The highest BCUT2D eigenvalue weighted by molar-refractivity contribution is 5.76. The summed E-state index contributed by atoms with van der Waals surface area (Å²) < 4.78 is 30.9. The van der Waals surface area contributed by atoms with Gasteiger partial charge < -0.3 is 28.4 Å². The normalized spacial score (nSPS) is 10.5. The van der Waals surface area contributed by atoms with Gasteiger partial charge in [0, 0.05) is 25.8 Å². The van der Waals surface area contributed by atoms with Crippen LogP contribution >= 0.6 is 0 Å². The fourth-order valence-corrected chi connectivity index (χ4v) is 1.45. The molecule has 22 heavy (non-hydrogen) atoms. The first kappa shape index (κ1) is 18.4. The number of methoxy groups -OCH3 is 2. The Bertz CT molecular complexity index is 390. The molecule has 0 bridgehead atoms. The van der Waals surface area contributed by atoms with E-state index in [1.54, 1.807) is 32.4 Å². The topological polar surface area (TPSA) is 72.5 Å². The first-order valence-corrected chi connectivity index (χ1v) is 6.79. The maximum atomic E-state index is 10.9. The Morgan fingerprint density at radius 1 is 0.818 bits per heavy atom. The van der Waals surface area contributed by atoms with Crippen LogP contribution in [0, 0.1) is 0 Å². The van der Waals surface area contributed by atoms with Crippen molar-refractivity contribution in [3.05, 3.63) is 23.8 Å². The number of rotatable bonds is 13. The zero-order chi connectivity index (χ0) is 16.0. The van der Waals surface area contributed by atoms with Crippen LogP contribution in [-0.2, 0) is 18.9 Å². The Labute approximate surface area is 130 Å². The highest BCUT2D eigenvalue weighted by Crippen LogP contribution is 2.22. The van der Waals surface area contributed by atoms with Crippen LogP contribution in [-0.4, -0.2) is 60.5 Å². The van der Waals surface area contributed by atoms with Crippen molar-refractivity contribution in [2.45, 2.75) is 0 Å². The van der Waals surface area contributed by atoms with E-state index in [1.807, 2.05) is 0 Å². The lowest BCUT2D eigenvalue weighted by molar-refractivity contribution is -0.0117. The van der Waals surface area contributed by atoms with Gasteiger partial charge in [-0.1, -0.05) is 0 Å². The van der Waals surface area contributed by atoms with E-state index in [4.69, 9.17) is 28.4 Å². The summed E-state index contributed by atoms with van der Waals surface area (Å²) in [4.78, 5) is 10.9.